The Bertz CT molecular complexity index is 438. The van der Waals surface area contributed by atoms with Crippen LogP contribution < -0.4 is 5.32 Å². The van der Waals surface area contributed by atoms with E-state index in [0.29, 0.717) is 31.0 Å². The minimum absolute atomic E-state index is 0.0127. The molecule has 5 nitrogen and oxygen atoms in total. The molecule has 1 aromatic heterocycles. The SMILES string of the molecule is CC(C)CCNC(=O)CCN(C(=O)c1ccoc1)C(C)C. The van der Waals surface area contributed by atoms with Crippen molar-refractivity contribution in [1.29, 1.82) is 0 Å². The molecule has 0 unspecified atom stereocenters. The van der Waals surface area contributed by atoms with Crippen molar-refractivity contribution >= 4 is 11.8 Å². The number of rotatable bonds is 8. The Balaban J connectivity index is 2.45. The Labute approximate surface area is 126 Å². The Hall–Kier alpha value is -1.78. The number of amides is 2. The highest BCUT2D eigenvalue weighted by molar-refractivity contribution is 5.94. The smallest absolute Gasteiger partial charge is 0.257 e. The fraction of sp³-hybridized carbons (Fsp3) is 0.625. The van der Waals surface area contributed by atoms with Crippen LogP contribution in [0.4, 0.5) is 0 Å². The third-order valence-electron chi connectivity index (χ3n) is 3.28. The van der Waals surface area contributed by atoms with Gasteiger partial charge in [-0.05, 0) is 32.3 Å². The lowest BCUT2D eigenvalue weighted by molar-refractivity contribution is -0.121. The highest BCUT2D eigenvalue weighted by Gasteiger charge is 2.20. The van der Waals surface area contributed by atoms with Crippen molar-refractivity contribution in [3.8, 4) is 0 Å². The molecule has 21 heavy (non-hydrogen) atoms. The molecule has 0 spiro atoms. The van der Waals surface area contributed by atoms with Gasteiger partial charge in [0.1, 0.15) is 6.26 Å². The quantitative estimate of drug-likeness (QED) is 0.802. The number of carbonyl (C=O) groups is 2. The van der Waals surface area contributed by atoms with Crippen LogP contribution in [0.25, 0.3) is 0 Å². The Morgan fingerprint density at radius 3 is 2.52 bits per heavy atom. The molecular formula is C16H26N2O3. The van der Waals surface area contributed by atoms with Gasteiger partial charge in [0, 0.05) is 25.6 Å². The summed E-state index contributed by atoms with van der Waals surface area (Å²) in [5.74, 6) is 0.454. The molecule has 0 bridgehead atoms. The lowest BCUT2D eigenvalue weighted by Crippen LogP contribution is -2.39. The summed E-state index contributed by atoms with van der Waals surface area (Å²) < 4.78 is 4.94. The molecule has 0 aliphatic carbocycles. The van der Waals surface area contributed by atoms with Crippen LogP contribution in [0.3, 0.4) is 0 Å². The van der Waals surface area contributed by atoms with E-state index >= 15 is 0 Å². The minimum Gasteiger partial charge on any atom is -0.472 e. The van der Waals surface area contributed by atoms with E-state index in [-0.39, 0.29) is 17.9 Å². The lowest BCUT2D eigenvalue weighted by atomic mass is 10.1. The number of hydrogen-bond donors (Lipinski definition) is 1. The first-order valence-electron chi connectivity index (χ1n) is 7.51. The van der Waals surface area contributed by atoms with E-state index in [9.17, 15) is 9.59 Å². The summed E-state index contributed by atoms with van der Waals surface area (Å²) in [6.45, 7) is 9.22. The molecule has 0 aliphatic heterocycles. The minimum atomic E-state index is -0.103. The highest BCUT2D eigenvalue weighted by atomic mass is 16.3. The maximum atomic E-state index is 12.3. The Morgan fingerprint density at radius 2 is 2.00 bits per heavy atom. The summed E-state index contributed by atoms with van der Waals surface area (Å²) in [4.78, 5) is 25.8. The van der Waals surface area contributed by atoms with Gasteiger partial charge in [-0.3, -0.25) is 9.59 Å². The van der Waals surface area contributed by atoms with E-state index in [0.717, 1.165) is 6.42 Å². The van der Waals surface area contributed by atoms with Crippen LogP contribution in [0.5, 0.6) is 0 Å². The molecular weight excluding hydrogens is 268 g/mol. The molecule has 0 radical (unpaired) electrons. The summed E-state index contributed by atoms with van der Waals surface area (Å²) in [5.41, 5.74) is 0.518. The van der Waals surface area contributed by atoms with Crippen molar-refractivity contribution in [2.24, 2.45) is 5.92 Å². The Morgan fingerprint density at radius 1 is 1.29 bits per heavy atom. The molecule has 118 valence electrons. The van der Waals surface area contributed by atoms with Crippen LogP contribution >= 0.6 is 0 Å². The second-order valence-corrected chi connectivity index (χ2v) is 5.89. The molecule has 0 saturated carbocycles. The van der Waals surface area contributed by atoms with Crippen molar-refractivity contribution in [1.82, 2.24) is 10.2 Å². The molecule has 0 atom stereocenters. The topological polar surface area (TPSA) is 62.6 Å². The molecule has 0 aromatic carbocycles. The fourth-order valence-corrected chi connectivity index (χ4v) is 1.96. The molecule has 0 aliphatic rings. The molecule has 1 aromatic rings. The zero-order chi connectivity index (χ0) is 15.8. The van der Waals surface area contributed by atoms with Crippen molar-refractivity contribution in [3.63, 3.8) is 0 Å². The average molecular weight is 294 g/mol. The number of hydrogen-bond acceptors (Lipinski definition) is 3. The normalized spacial score (nSPS) is 11.0. The molecule has 0 saturated heterocycles. The van der Waals surface area contributed by atoms with Gasteiger partial charge in [-0.1, -0.05) is 13.8 Å². The molecule has 0 fully saturated rings. The van der Waals surface area contributed by atoms with Gasteiger partial charge in [-0.25, -0.2) is 0 Å². The third kappa shape index (κ3) is 6.02. The maximum absolute atomic E-state index is 12.3. The van der Waals surface area contributed by atoms with E-state index in [1.807, 2.05) is 13.8 Å². The first kappa shape index (κ1) is 17.3. The molecule has 1 heterocycles. The van der Waals surface area contributed by atoms with Crippen LogP contribution in [0.15, 0.2) is 23.0 Å². The van der Waals surface area contributed by atoms with Gasteiger partial charge < -0.3 is 14.6 Å². The van der Waals surface area contributed by atoms with E-state index in [1.165, 1.54) is 12.5 Å². The van der Waals surface area contributed by atoms with Crippen LogP contribution in [-0.4, -0.2) is 35.8 Å². The second-order valence-electron chi connectivity index (χ2n) is 5.89. The summed E-state index contributed by atoms with van der Waals surface area (Å²) in [6.07, 6.45) is 4.19. The van der Waals surface area contributed by atoms with Crippen LogP contribution in [0.1, 0.15) is 50.9 Å². The largest absolute Gasteiger partial charge is 0.472 e. The van der Waals surface area contributed by atoms with Gasteiger partial charge >= 0.3 is 0 Å². The zero-order valence-corrected chi connectivity index (χ0v) is 13.4. The maximum Gasteiger partial charge on any atom is 0.257 e. The summed E-state index contributed by atoms with van der Waals surface area (Å²) in [6, 6.07) is 1.68. The Kier molecular flexibility index (Phi) is 6.99. The predicted octanol–water partition coefficient (Wildman–Crippen LogP) is 2.68. The fourth-order valence-electron chi connectivity index (χ4n) is 1.96. The van der Waals surface area contributed by atoms with E-state index in [4.69, 9.17) is 4.42 Å². The van der Waals surface area contributed by atoms with E-state index < -0.39 is 0 Å². The first-order chi connectivity index (χ1) is 9.91. The molecule has 1 N–H and O–H groups in total. The van der Waals surface area contributed by atoms with Crippen molar-refractivity contribution in [2.75, 3.05) is 13.1 Å². The molecule has 5 heteroatoms. The third-order valence-corrected chi connectivity index (χ3v) is 3.28. The van der Waals surface area contributed by atoms with Gasteiger partial charge in [0.25, 0.3) is 5.91 Å². The van der Waals surface area contributed by atoms with E-state index in [2.05, 4.69) is 19.2 Å². The number of nitrogens with zero attached hydrogens (tertiary/aromatic N) is 1. The van der Waals surface area contributed by atoms with Crippen molar-refractivity contribution < 1.29 is 14.0 Å². The highest BCUT2D eigenvalue weighted by Crippen LogP contribution is 2.09. The number of carbonyl (C=O) groups excluding carboxylic acids is 2. The standard InChI is InChI=1S/C16H26N2O3/c1-12(2)5-8-17-15(19)6-9-18(13(3)4)16(20)14-7-10-21-11-14/h7,10-13H,5-6,8-9H2,1-4H3,(H,17,19). The van der Waals surface area contributed by atoms with Gasteiger partial charge in [0.15, 0.2) is 0 Å². The van der Waals surface area contributed by atoms with E-state index in [1.54, 1.807) is 11.0 Å². The number of furan rings is 1. The van der Waals surface area contributed by atoms with Crippen molar-refractivity contribution in [3.05, 3.63) is 24.2 Å². The monoisotopic (exact) mass is 294 g/mol. The number of nitrogens with one attached hydrogen (secondary N) is 1. The lowest BCUT2D eigenvalue weighted by Gasteiger charge is -2.26. The summed E-state index contributed by atoms with van der Waals surface area (Å²) >= 11 is 0. The van der Waals surface area contributed by atoms with Crippen LogP contribution in [0.2, 0.25) is 0 Å². The van der Waals surface area contributed by atoms with Gasteiger partial charge in [0.05, 0.1) is 11.8 Å². The molecule has 1 rings (SSSR count). The zero-order valence-electron chi connectivity index (χ0n) is 13.4. The van der Waals surface area contributed by atoms with Gasteiger partial charge in [-0.2, -0.15) is 0 Å². The molecule has 2 amide bonds. The van der Waals surface area contributed by atoms with Crippen molar-refractivity contribution in [2.45, 2.75) is 46.6 Å². The summed E-state index contributed by atoms with van der Waals surface area (Å²) in [7, 11) is 0. The van der Waals surface area contributed by atoms with Gasteiger partial charge in [0.2, 0.25) is 5.91 Å². The summed E-state index contributed by atoms with van der Waals surface area (Å²) in [5, 5.41) is 2.89. The predicted molar refractivity (Wildman–Crippen MR) is 82.0 cm³/mol. The second kappa shape index (κ2) is 8.49. The first-order valence-corrected chi connectivity index (χ1v) is 7.51. The van der Waals surface area contributed by atoms with Crippen LogP contribution in [0, 0.1) is 5.92 Å². The van der Waals surface area contributed by atoms with Crippen LogP contribution in [-0.2, 0) is 4.79 Å². The average Bonchev–Trinajstić information content (AvgIpc) is 2.91. The van der Waals surface area contributed by atoms with Gasteiger partial charge in [-0.15, -0.1) is 0 Å².